The van der Waals surface area contributed by atoms with Crippen molar-refractivity contribution in [2.75, 3.05) is 6.61 Å². The minimum atomic E-state index is 0.521. The highest BCUT2D eigenvalue weighted by molar-refractivity contribution is 5.99. The molecule has 0 unspecified atom stereocenters. The minimum absolute atomic E-state index is 0.521. The van der Waals surface area contributed by atoms with E-state index in [4.69, 9.17) is 4.84 Å². The molecular formula is C15H20N4O. The van der Waals surface area contributed by atoms with Crippen LogP contribution in [0.2, 0.25) is 0 Å². The molecule has 0 spiro atoms. The normalized spacial score (nSPS) is 11.6. The number of hydrogen-bond donors (Lipinski definition) is 0. The Morgan fingerprint density at radius 3 is 2.65 bits per heavy atom. The third-order valence-electron chi connectivity index (χ3n) is 2.95. The van der Waals surface area contributed by atoms with E-state index in [0.717, 1.165) is 12.0 Å². The van der Waals surface area contributed by atoms with Gasteiger partial charge in [0.15, 0.2) is 0 Å². The fourth-order valence-electron chi connectivity index (χ4n) is 1.87. The van der Waals surface area contributed by atoms with Gasteiger partial charge in [-0.25, -0.2) is 4.98 Å². The van der Waals surface area contributed by atoms with Gasteiger partial charge >= 0.3 is 0 Å². The third kappa shape index (κ3) is 3.66. The van der Waals surface area contributed by atoms with Crippen molar-refractivity contribution in [1.29, 1.82) is 0 Å². The van der Waals surface area contributed by atoms with Gasteiger partial charge in [-0.05, 0) is 25.3 Å². The Hall–Kier alpha value is -2.17. The highest BCUT2D eigenvalue weighted by Gasteiger charge is 2.08. The third-order valence-corrected chi connectivity index (χ3v) is 2.95. The maximum absolute atomic E-state index is 5.17. The molecule has 5 nitrogen and oxygen atoms in total. The fraction of sp³-hybridized carbons (Fsp3) is 0.400. The highest BCUT2D eigenvalue weighted by atomic mass is 16.6. The summed E-state index contributed by atoms with van der Waals surface area (Å²) >= 11 is 0. The molecule has 1 aromatic heterocycles. The molecule has 0 saturated heterocycles. The zero-order valence-corrected chi connectivity index (χ0v) is 12.0. The molecule has 1 heterocycles. The standard InChI is InChI=1S/C15H20N4O/c1-3-5-6-13-7-9-14(10-8-13)15(18-20-4-2)19-12-16-11-17-19/h7-12H,3-6H2,1-2H3. The van der Waals surface area contributed by atoms with Crippen LogP contribution < -0.4 is 0 Å². The first-order valence-corrected chi connectivity index (χ1v) is 6.99. The van der Waals surface area contributed by atoms with E-state index >= 15 is 0 Å². The number of unbranched alkanes of at least 4 members (excludes halogenated alkanes) is 1. The number of nitrogens with zero attached hydrogens (tertiary/aromatic N) is 4. The number of rotatable bonds is 6. The zero-order chi connectivity index (χ0) is 14.2. The molecule has 0 fully saturated rings. The number of aromatic nitrogens is 3. The molecule has 20 heavy (non-hydrogen) atoms. The van der Waals surface area contributed by atoms with Crippen LogP contribution in [0.1, 0.15) is 37.8 Å². The second kappa shape index (κ2) is 7.43. The van der Waals surface area contributed by atoms with Crippen molar-refractivity contribution in [1.82, 2.24) is 14.8 Å². The molecule has 106 valence electrons. The number of aryl methyl sites for hydroxylation is 1. The van der Waals surface area contributed by atoms with Gasteiger partial charge in [0.1, 0.15) is 19.3 Å². The first-order chi connectivity index (χ1) is 9.85. The topological polar surface area (TPSA) is 52.3 Å². The van der Waals surface area contributed by atoms with Gasteiger partial charge in [0, 0.05) is 5.56 Å². The van der Waals surface area contributed by atoms with Crippen LogP contribution in [0.15, 0.2) is 42.1 Å². The molecule has 0 radical (unpaired) electrons. The van der Waals surface area contributed by atoms with E-state index < -0.39 is 0 Å². The molecule has 0 aliphatic heterocycles. The van der Waals surface area contributed by atoms with Gasteiger partial charge in [-0.15, -0.1) is 0 Å². The van der Waals surface area contributed by atoms with Crippen molar-refractivity contribution >= 4 is 5.84 Å². The van der Waals surface area contributed by atoms with Crippen LogP contribution in [0.3, 0.4) is 0 Å². The Morgan fingerprint density at radius 2 is 2.05 bits per heavy atom. The SMILES string of the molecule is CCCCc1ccc(C(=NOCC)n2cncn2)cc1. The molecule has 0 atom stereocenters. The van der Waals surface area contributed by atoms with Crippen molar-refractivity contribution in [2.24, 2.45) is 5.16 Å². The van der Waals surface area contributed by atoms with E-state index in [9.17, 15) is 0 Å². The number of oxime groups is 1. The minimum Gasteiger partial charge on any atom is -0.394 e. The van der Waals surface area contributed by atoms with Crippen LogP contribution >= 0.6 is 0 Å². The van der Waals surface area contributed by atoms with Crippen molar-refractivity contribution < 1.29 is 4.84 Å². The summed E-state index contributed by atoms with van der Waals surface area (Å²) in [5, 5.41) is 8.24. The van der Waals surface area contributed by atoms with E-state index in [0.29, 0.717) is 12.4 Å². The molecule has 0 saturated carbocycles. The lowest BCUT2D eigenvalue weighted by Crippen LogP contribution is -2.15. The molecular weight excluding hydrogens is 252 g/mol. The molecule has 2 rings (SSSR count). The number of benzene rings is 1. The molecule has 5 heteroatoms. The van der Waals surface area contributed by atoms with Gasteiger partial charge in [0.05, 0.1) is 0 Å². The van der Waals surface area contributed by atoms with E-state index in [1.165, 1.54) is 24.7 Å². The molecule has 1 aromatic carbocycles. The van der Waals surface area contributed by atoms with Gasteiger partial charge in [-0.2, -0.15) is 9.78 Å². The second-order valence-electron chi connectivity index (χ2n) is 4.47. The van der Waals surface area contributed by atoms with Crippen molar-refractivity contribution in [3.63, 3.8) is 0 Å². The first-order valence-electron chi connectivity index (χ1n) is 6.99. The Morgan fingerprint density at radius 1 is 1.25 bits per heavy atom. The average molecular weight is 272 g/mol. The van der Waals surface area contributed by atoms with Gasteiger partial charge in [0.2, 0.25) is 5.84 Å². The highest BCUT2D eigenvalue weighted by Crippen LogP contribution is 2.10. The number of hydrogen-bond acceptors (Lipinski definition) is 4. The average Bonchev–Trinajstić information content (AvgIpc) is 3.01. The lowest BCUT2D eigenvalue weighted by molar-refractivity contribution is 0.157. The van der Waals surface area contributed by atoms with E-state index in [-0.39, 0.29) is 0 Å². The Balaban J connectivity index is 2.21. The van der Waals surface area contributed by atoms with Crippen LogP contribution in [0.5, 0.6) is 0 Å². The Bertz CT molecular complexity index is 532. The Labute approximate surface area is 119 Å². The van der Waals surface area contributed by atoms with Crippen molar-refractivity contribution in [3.8, 4) is 0 Å². The molecule has 0 bridgehead atoms. The predicted molar refractivity (Wildman–Crippen MR) is 78.6 cm³/mol. The molecule has 0 aliphatic carbocycles. The van der Waals surface area contributed by atoms with Crippen molar-refractivity contribution in [3.05, 3.63) is 48.0 Å². The summed E-state index contributed by atoms with van der Waals surface area (Å²) in [5.74, 6) is 0.645. The van der Waals surface area contributed by atoms with Crippen LogP contribution in [-0.2, 0) is 11.3 Å². The van der Waals surface area contributed by atoms with Gasteiger partial charge in [0.25, 0.3) is 0 Å². The largest absolute Gasteiger partial charge is 0.394 e. The fourth-order valence-corrected chi connectivity index (χ4v) is 1.87. The van der Waals surface area contributed by atoms with E-state index in [2.05, 4.69) is 34.3 Å². The summed E-state index contributed by atoms with van der Waals surface area (Å²) in [7, 11) is 0. The van der Waals surface area contributed by atoms with E-state index in [1.807, 2.05) is 19.1 Å². The van der Waals surface area contributed by atoms with Gasteiger partial charge in [-0.1, -0.05) is 42.8 Å². The summed E-state index contributed by atoms with van der Waals surface area (Å²) in [6.45, 7) is 4.62. The summed E-state index contributed by atoms with van der Waals surface area (Å²) in [6, 6.07) is 8.35. The summed E-state index contributed by atoms with van der Waals surface area (Å²) in [5.41, 5.74) is 2.30. The first kappa shape index (κ1) is 14.2. The monoisotopic (exact) mass is 272 g/mol. The zero-order valence-electron chi connectivity index (χ0n) is 12.0. The molecule has 2 aromatic rings. The maximum atomic E-state index is 5.17. The van der Waals surface area contributed by atoms with Crippen LogP contribution in [0.4, 0.5) is 0 Å². The van der Waals surface area contributed by atoms with Gasteiger partial charge < -0.3 is 4.84 Å². The molecule has 0 aliphatic rings. The second-order valence-corrected chi connectivity index (χ2v) is 4.47. The lowest BCUT2D eigenvalue weighted by atomic mass is 10.1. The maximum Gasteiger partial charge on any atom is 0.201 e. The summed E-state index contributed by atoms with van der Waals surface area (Å²) < 4.78 is 1.61. The van der Waals surface area contributed by atoms with Crippen LogP contribution in [0, 0.1) is 0 Å². The predicted octanol–water partition coefficient (Wildman–Crippen LogP) is 2.87. The van der Waals surface area contributed by atoms with Crippen molar-refractivity contribution in [2.45, 2.75) is 33.1 Å². The smallest absolute Gasteiger partial charge is 0.201 e. The summed E-state index contributed by atoms with van der Waals surface area (Å²) in [4.78, 5) is 9.12. The lowest BCUT2D eigenvalue weighted by Gasteiger charge is -2.07. The van der Waals surface area contributed by atoms with Crippen LogP contribution in [0.25, 0.3) is 0 Å². The summed E-state index contributed by atoms with van der Waals surface area (Å²) in [6.07, 6.45) is 6.62. The molecule has 0 N–H and O–H groups in total. The van der Waals surface area contributed by atoms with Crippen LogP contribution in [-0.4, -0.2) is 27.2 Å². The molecule has 0 amide bonds. The van der Waals surface area contributed by atoms with E-state index in [1.54, 1.807) is 11.0 Å². The Kier molecular flexibility index (Phi) is 5.29. The van der Waals surface area contributed by atoms with Gasteiger partial charge in [-0.3, -0.25) is 0 Å². The quantitative estimate of drug-likeness (QED) is 0.461.